The molecule has 0 saturated carbocycles. The summed E-state index contributed by atoms with van der Waals surface area (Å²) in [6.07, 6.45) is 5.00. The Kier molecular flexibility index (Phi) is 5.02. The number of hydrogen-bond acceptors (Lipinski definition) is 3. The van der Waals surface area contributed by atoms with E-state index in [-0.39, 0.29) is 0 Å². The summed E-state index contributed by atoms with van der Waals surface area (Å²) in [5.41, 5.74) is 0. The molecule has 1 N–H and O–H groups in total. The van der Waals surface area contributed by atoms with Gasteiger partial charge in [-0.25, -0.2) is 0 Å². The average molecular weight is 263 g/mol. The van der Waals surface area contributed by atoms with Gasteiger partial charge >= 0.3 is 0 Å². The van der Waals surface area contributed by atoms with Crippen molar-refractivity contribution in [1.82, 2.24) is 5.32 Å². The fourth-order valence-corrected chi connectivity index (χ4v) is 2.81. The Morgan fingerprint density at radius 2 is 2.11 bits per heavy atom. The van der Waals surface area contributed by atoms with Crippen LogP contribution >= 0.6 is 11.3 Å². The van der Waals surface area contributed by atoms with Crippen molar-refractivity contribution in [3.05, 3.63) is 46.0 Å². The molecule has 2 aromatic heterocycles. The van der Waals surface area contributed by atoms with Gasteiger partial charge in [0.2, 0.25) is 0 Å². The molecular weight excluding hydrogens is 242 g/mol. The van der Waals surface area contributed by atoms with E-state index < -0.39 is 0 Å². The predicted octanol–water partition coefficient (Wildman–Crippen LogP) is 4.01. The third kappa shape index (κ3) is 4.00. The first-order valence-corrected chi connectivity index (χ1v) is 7.43. The number of aryl methyl sites for hydroxylation is 2. The van der Waals surface area contributed by atoms with Gasteiger partial charge < -0.3 is 9.73 Å². The molecule has 1 unspecified atom stereocenters. The van der Waals surface area contributed by atoms with Crippen LogP contribution in [0, 0.1) is 0 Å². The summed E-state index contributed by atoms with van der Waals surface area (Å²) in [4.78, 5) is 2.90. The van der Waals surface area contributed by atoms with Crippen LogP contribution in [-0.2, 0) is 19.4 Å². The molecule has 3 heteroatoms. The molecule has 0 bridgehead atoms. The van der Waals surface area contributed by atoms with Gasteiger partial charge in [-0.1, -0.05) is 6.92 Å². The predicted molar refractivity (Wildman–Crippen MR) is 77.0 cm³/mol. The summed E-state index contributed by atoms with van der Waals surface area (Å²) < 4.78 is 5.34. The number of nitrogens with one attached hydrogen (secondary N) is 1. The molecule has 0 spiro atoms. The van der Waals surface area contributed by atoms with Crippen LogP contribution < -0.4 is 5.32 Å². The highest BCUT2D eigenvalue weighted by atomic mass is 32.1. The minimum atomic E-state index is 0.516. The van der Waals surface area contributed by atoms with E-state index in [1.165, 1.54) is 9.75 Å². The van der Waals surface area contributed by atoms with Crippen molar-refractivity contribution >= 4 is 11.3 Å². The minimum Gasteiger partial charge on any atom is -0.469 e. The first-order chi connectivity index (χ1) is 8.78. The second-order valence-electron chi connectivity index (χ2n) is 4.62. The molecule has 2 nitrogen and oxygen atoms in total. The molecule has 0 aromatic carbocycles. The van der Waals surface area contributed by atoms with E-state index in [9.17, 15) is 0 Å². The standard InChI is InChI=1S/C15H21NOS/c1-3-14-8-9-15(18-14)11-16-12(2)6-7-13-5-4-10-17-13/h4-5,8-10,12,16H,3,6-7,11H2,1-2H3. The number of hydrogen-bond donors (Lipinski definition) is 1. The quantitative estimate of drug-likeness (QED) is 0.816. The first kappa shape index (κ1) is 13.4. The van der Waals surface area contributed by atoms with Gasteiger partial charge in [-0.3, -0.25) is 0 Å². The fourth-order valence-electron chi connectivity index (χ4n) is 1.90. The van der Waals surface area contributed by atoms with Crippen LogP contribution in [0.15, 0.2) is 34.9 Å². The number of rotatable bonds is 7. The zero-order chi connectivity index (χ0) is 12.8. The van der Waals surface area contributed by atoms with Crippen molar-refractivity contribution in [3.8, 4) is 0 Å². The molecule has 0 aliphatic carbocycles. The third-order valence-corrected chi connectivity index (χ3v) is 4.32. The molecule has 2 aromatic rings. The summed E-state index contributed by atoms with van der Waals surface area (Å²) >= 11 is 1.91. The van der Waals surface area contributed by atoms with Crippen LogP contribution in [0.1, 0.15) is 35.8 Å². The smallest absolute Gasteiger partial charge is 0.103 e. The molecule has 98 valence electrons. The Balaban J connectivity index is 1.69. The maximum atomic E-state index is 5.34. The van der Waals surface area contributed by atoms with E-state index in [4.69, 9.17) is 4.42 Å². The summed E-state index contributed by atoms with van der Waals surface area (Å²) in [6, 6.07) is 8.97. The largest absolute Gasteiger partial charge is 0.469 e. The van der Waals surface area contributed by atoms with Crippen molar-refractivity contribution in [3.63, 3.8) is 0 Å². The van der Waals surface area contributed by atoms with E-state index in [1.54, 1.807) is 6.26 Å². The lowest BCUT2D eigenvalue weighted by molar-refractivity contribution is 0.461. The van der Waals surface area contributed by atoms with Crippen LogP contribution in [0.3, 0.4) is 0 Å². The fraction of sp³-hybridized carbons (Fsp3) is 0.467. The van der Waals surface area contributed by atoms with Gasteiger partial charge in [0.25, 0.3) is 0 Å². The molecule has 0 radical (unpaired) electrons. The van der Waals surface area contributed by atoms with Gasteiger partial charge in [0, 0.05) is 28.8 Å². The maximum Gasteiger partial charge on any atom is 0.103 e. The van der Waals surface area contributed by atoms with Crippen LogP contribution in [0.2, 0.25) is 0 Å². The maximum absolute atomic E-state index is 5.34. The van der Waals surface area contributed by atoms with Crippen molar-refractivity contribution < 1.29 is 4.42 Å². The van der Waals surface area contributed by atoms with E-state index in [1.807, 2.05) is 23.5 Å². The molecule has 2 rings (SSSR count). The highest BCUT2D eigenvalue weighted by Gasteiger charge is 2.05. The van der Waals surface area contributed by atoms with E-state index in [2.05, 4.69) is 31.3 Å². The second-order valence-corrected chi connectivity index (χ2v) is 5.87. The molecule has 0 fully saturated rings. The molecule has 0 aliphatic heterocycles. The van der Waals surface area contributed by atoms with Crippen LogP contribution in [0.25, 0.3) is 0 Å². The number of thiophene rings is 1. The van der Waals surface area contributed by atoms with Crippen molar-refractivity contribution in [1.29, 1.82) is 0 Å². The van der Waals surface area contributed by atoms with Crippen LogP contribution in [-0.4, -0.2) is 6.04 Å². The van der Waals surface area contributed by atoms with Gasteiger partial charge in [-0.2, -0.15) is 0 Å². The Bertz CT molecular complexity index is 447. The lowest BCUT2D eigenvalue weighted by Crippen LogP contribution is -2.25. The lowest BCUT2D eigenvalue weighted by atomic mass is 10.1. The molecule has 18 heavy (non-hydrogen) atoms. The summed E-state index contributed by atoms with van der Waals surface area (Å²) in [5.74, 6) is 1.08. The molecule has 0 aliphatic rings. The summed E-state index contributed by atoms with van der Waals surface area (Å²) in [5, 5.41) is 3.57. The van der Waals surface area contributed by atoms with Gasteiger partial charge in [-0.05, 0) is 44.0 Å². The third-order valence-electron chi connectivity index (χ3n) is 3.09. The van der Waals surface area contributed by atoms with Gasteiger partial charge in [0.05, 0.1) is 6.26 Å². The first-order valence-electron chi connectivity index (χ1n) is 6.61. The topological polar surface area (TPSA) is 25.2 Å². The Labute approximate surface area is 113 Å². The SMILES string of the molecule is CCc1ccc(CNC(C)CCc2ccco2)s1. The zero-order valence-corrected chi connectivity index (χ0v) is 11.9. The van der Waals surface area contributed by atoms with Gasteiger partial charge in [0.1, 0.15) is 5.76 Å². The highest BCUT2D eigenvalue weighted by molar-refractivity contribution is 7.11. The normalized spacial score (nSPS) is 12.8. The van der Waals surface area contributed by atoms with E-state index in [0.717, 1.165) is 31.6 Å². The molecule has 2 heterocycles. The highest BCUT2D eigenvalue weighted by Crippen LogP contribution is 2.17. The molecule has 0 amide bonds. The molecular formula is C15H21NOS. The van der Waals surface area contributed by atoms with E-state index in [0.29, 0.717) is 6.04 Å². The van der Waals surface area contributed by atoms with Crippen molar-refractivity contribution in [2.45, 2.75) is 45.7 Å². The van der Waals surface area contributed by atoms with Crippen molar-refractivity contribution in [2.24, 2.45) is 0 Å². The minimum absolute atomic E-state index is 0.516. The monoisotopic (exact) mass is 263 g/mol. The van der Waals surface area contributed by atoms with Gasteiger partial charge in [0.15, 0.2) is 0 Å². The summed E-state index contributed by atoms with van der Waals surface area (Å²) in [6.45, 7) is 5.41. The number of furan rings is 1. The Morgan fingerprint density at radius 3 is 2.78 bits per heavy atom. The van der Waals surface area contributed by atoms with Crippen molar-refractivity contribution in [2.75, 3.05) is 0 Å². The van der Waals surface area contributed by atoms with E-state index >= 15 is 0 Å². The lowest BCUT2D eigenvalue weighted by Gasteiger charge is -2.11. The molecule has 0 saturated heterocycles. The van der Waals surface area contributed by atoms with Gasteiger partial charge in [-0.15, -0.1) is 11.3 Å². The molecule has 1 atom stereocenters. The Morgan fingerprint density at radius 1 is 1.28 bits per heavy atom. The summed E-state index contributed by atoms with van der Waals surface area (Å²) in [7, 11) is 0. The Hall–Kier alpha value is -1.06. The second kappa shape index (κ2) is 6.76. The van der Waals surface area contributed by atoms with Crippen LogP contribution in [0.4, 0.5) is 0 Å². The van der Waals surface area contributed by atoms with Crippen LogP contribution in [0.5, 0.6) is 0 Å². The average Bonchev–Trinajstić information content (AvgIpc) is 3.04. The zero-order valence-electron chi connectivity index (χ0n) is 11.1.